The van der Waals surface area contributed by atoms with Crippen LogP contribution in [0.15, 0.2) is 11.3 Å². The fourth-order valence-electron chi connectivity index (χ4n) is 2.04. The monoisotopic (exact) mass is 215 g/mol. The Morgan fingerprint density at radius 2 is 1.88 bits per heavy atom. The van der Waals surface area contributed by atoms with Gasteiger partial charge in [0, 0.05) is 20.0 Å². The quantitative estimate of drug-likeness (QED) is 0.610. The van der Waals surface area contributed by atoms with Gasteiger partial charge in [0.15, 0.2) is 0 Å². The van der Waals surface area contributed by atoms with Crippen molar-refractivity contribution in [2.75, 3.05) is 14.1 Å². The number of nitrogens with zero attached hydrogens (tertiary/aromatic N) is 5. The maximum atomic E-state index is 9.04. The Morgan fingerprint density at radius 1 is 1.31 bits per heavy atom. The Morgan fingerprint density at radius 3 is 2.25 bits per heavy atom. The van der Waals surface area contributed by atoms with E-state index >= 15 is 0 Å². The summed E-state index contributed by atoms with van der Waals surface area (Å²) in [5.74, 6) is 0.0568. The predicted octanol–water partition coefficient (Wildman–Crippen LogP) is 0.998. The molecule has 82 valence electrons. The smallest absolute Gasteiger partial charge is 0.150 e. The lowest BCUT2D eigenvalue weighted by molar-refractivity contribution is 0.0601. The molecule has 0 aliphatic carbocycles. The highest BCUT2D eigenvalue weighted by atomic mass is 15.6. The summed E-state index contributed by atoms with van der Waals surface area (Å²) in [4.78, 5) is 0. The summed E-state index contributed by atoms with van der Waals surface area (Å²) in [5.41, 5.74) is 0.750. The molecule has 0 spiro atoms. The van der Waals surface area contributed by atoms with Crippen molar-refractivity contribution >= 4 is 0 Å². The zero-order valence-electron chi connectivity index (χ0n) is 9.60. The fourth-order valence-corrected chi connectivity index (χ4v) is 2.04. The Balaban J connectivity index is 3.29. The summed E-state index contributed by atoms with van der Waals surface area (Å²) in [5, 5.41) is 30.3. The highest BCUT2D eigenvalue weighted by Gasteiger charge is 2.37. The van der Waals surface area contributed by atoms with Crippen LogP contribution in [0.5, 0.6) is 0 Å². The van der Waals surface area contributed by atoms with Crippen molar-refractivity contribution in [2.45, 2.75) is 19.4 Å². The summed E-state index contributed by atoms with van der Waals surface area (Å²) in [6, 6.07) is 5.68. The average Bonchev–Trinajstić information content (AvgIpc) is 2.58. The molecule has 0 radical (unpaired) electrons. The van der Waals surface area contributed by atoms with Crippen LogP contribution in [0.2, 0.25) is 0 Å². The van der Waals surface area contributed by atoms with Crippen LogP contribution in [0, 0.1) is 39.9 Å². The summed E-state index contributed by atoms with van der Waals surface area (Å²) < 4.78 is 0. The van der Waals surface area contributed by atoms with Gasteiger partial charge in [-0.2, -0.15) is 15.8 Å². The molecule has 1 rings (SSSR count). The first-order valence-corrected chi connectivity index (χ1v) is 4.97. The first-order chi connectivity index (χ1) is 7.56. The third-order valence-electron chi connectivity index (χ3n) is 2.65. The molecule has 0 saturated carbocycles. The van der Waals surface area contributed by atoms with Crippen LogP contribution < -0.4 is 0 Å². The Kier molecular flexibility index (Phi) is 3.51. The van der Waals surface area contributed by atoms with Gasteiger partial charge < -0.3 is 0 Å². The molecule has 1 saturated heterocycles. The molecule has 0 N–H and O–H groups in total. The van der Waals surface area contributed by atoms with Gasteiger partial charge in [0.25, 0.3) is 0 Å². The number of nitriles is 3. The standard InChI is InChI=1S/C11H13N5/c1-8-4-10(7-14)16(15(2)3)11(8)9(5-12)6-13/h8,10H,4H2,1-3H3/t8-,10-/m1/s1. The van der Waals surface area contributed by atoms with Gasteiger partial charge in [0.1, 0.15) is 23.8 Å². The van der Waals surface area contributed by atoms with Crippen LogP contribution >= 0.6 is 0 Å². The zero-order valence-corrected chi connectivity index (χ0v) is 9.60. The van der Waals surface area contributed by atoms with Gasteiger partial charge in [-0.25, -0.2) is 5.01 Å². The van der Waals surface area contributed by atoms with Crippen molar-refractivity contribution in [1.29, 1.82) is 15.8 Å². The van der Waals surface area contributed by atoms with E-state index in [0.29, 0.717) is 12.1 Å². The molecule has 5 heteroatoms. The zero-order chi connectivity index (χ0) is 12.3. The minimum Gasteiger partial charge on any atom is -0.291 e. The molecule has 2 atom stereocenters. The second kappa shape index (κ2) is 4.66. The third kappa shape index (κ3) is 1.84. The number of allylic oxidation sites excluding steroid dienone is 2. The van der Waals surface area contributed by atoms with E-state index in [-0.39, 0.29) is 17.5 Å². The van der Waals surface area contributed by atoms with E-state index in [2.05, 4.69) is 6.07 Å². The predicted molar refractivity (Wildman–Crippen MR) is 57.0 cm³/mol. The molecular formula is C11H13N5. The second-order valence-electron chi connectivity index (χ2n) is 3.96. The lowest BCUT2D eigenvalue weighted by Crippen LogP contribution is -2.39. The van der Waals surface area contributed by atoms with Crippen LogP contribution in [0.4, 0.5) is 0 Å². The minimum atomic E-state index is -0.295. The van der Waals surface area contributed by atoms with Gasteiger partial charge in [-0.3, -0.25) is 5.01 Å². The molecule has 0 aromatic heterocycles. The first-order valence-electron chi connectivity index (χ1n) is 4.97. The highest BCUT2D eigenvalue weighted by molar-refractivity contribution is 5.42. The summed E-state index contributed by atoms with van der Waals surface area (Å²) in [6.45, 7) is 1.93. The topological polar surface area (TPSA) is 77.8 Å². The molecule has 1 aliphatic rings. The van der Waals surface area contributed by atoms with Crippen molar-refractivity contribution in [2.24, 2.45) is 5.92 Å². The normalized spacial score (nSPS) is 23.8. The van der Waals surface area contributed by atoms with E-state index in [1.807, 2.05) is 19.1 Å². The van der Waals surface area contributed by atoms with E-state index in [9.17, 15) is 0 Å². The average molecular weight is 215 g/mol. The van der Waals surface area contributed by atoms with Crippen LogP contribution in [-0.2, 0) is 0 Å². The molecule has 0 aromatic carbocycles. The maximum absolute atomic E-state index is 9.04. The molecule has 1 aliphatic heterocycles. The molecule has 0 aromatic rings. The number of hydrogen-bond acceptors (Lipinski definition) is 5. The van der Waals surface area contributed by atoms with Crippen molar-refractivity contribution in [1.82, 2.24) is 10.0 Å². The second-order valence-corrected chi connectivity index (χ2v) is 3.96. The van der Waals surface area contributed by atoms with Crippen molar-refractivity contribution in [3.8, 4) is 18.2 Å². The largest absolute Gasteiger partial charge is 0.291 e. The molecule has 1 fully saturated rings. The van der Waals surface area contributed by atoms with E-state index in [1.54, 1.807) is 24.1 Å². The van der Waals surface area contributed by atoms with Crippen molar-refractivity contribution < 1.29 is 0 Å². The number of hydrazine groups is 1. The van der Waals surface area contributed by atoms with Crippen molar-refractivity contribution in [3.63, 3.8) is 0 Å². The lowest BCUT2D eigenvalue weighted by Gasteiger charge is -2.30. The maximum Gasteiger partial charge on any atom is 0.150 e. The molecule has 1 heterocycles. The van der Waals surface area contributed by atoms with Gasteiger partial charge in [-0.15, -0.1) is 0 Å². The minimum absolute atomic E-state index is 0.0568. The molecule has 0 unspecified atom stereocenters. The van der Waals surface area contributed by atoms with Crippen LogP contribution in [-0.4, -0.2) is 30.2 Å². The third-order valence-corrected chi connectivity index (χ3v) is 2.65. The molecule has 0 amide bonds. The Bertz CT molecular complexity index is 413. The van der Waals surface area contributed by atoms with Gasteiger partial charge in [-0.05, 0) is 6.42 Å². The van der Waals surface area contributed by atoms with Crippen LogP contribution in [0.3, 0.4) is 0 Å². The Hall–Kier alpha value is -2.03. The summed E-state index contributed by atoms with van der Waals surface area (Å²) in [6.07, 6.45) is 0.650. The summed E-state index contributed by atoms with van der Waals surface area (Å²) in [7, 11) is 3.60. The van der Waals surface area contributed by atoms with Gasteiger partial charge in [0.2, 0.25) is 0 Å². The van der Waals surface area contributed by atoms with Gasteiger partial charge >= 0.3 is 0 Å². The molecule has 0 bridgehead atoms. The van der Waals surface area contributed by atoms with E-state index in [1.165, 1.54) is 0 Å². The lowest BCUT2D eigenvalue weighted by atomic mass is 10.0. The van der Waals surface area contributed by atoms with Crippen molar-refractivity contribution in [3.05, 3.63) is 11.3 Å². The van der Waals surface area contributed by atoms with Gasteiger partial charge in [0.05, 0.1) is 11.8 Å². The van der Waals surface area contributed by atoms with E-state index in [0.717, 1.165) is 0 Å². The number of hydrogen-bond donors (Lipinski definition) is 0. The molecular weight excluding hydrogens is 202 g/mol. The fraction of sp³-hybridized carbons (Fsp3) is 0.545. The van der Waals surface area contributed by atoms with Gasteiger partial charge in [-0.1, -0.05) is 6.92 Å². The molecule has 16 heavy (non-hydrogen) atoms. The van der Waals surface area contributed by atoms with Crippen LogP contribution in [0.1, 0.15) is 13.3 Å². The van der Waals surface area contributed by atoms with E-state index < -0.39 is 0 Å². The first kappa shape index (κ1) is 12.0. The number of rotatable bonds is 1. The van der Waals surface area contributed by atoms with Crippen LogP contribution in [0.25, 0.3) is 0 Å². The highest BCUT2D eigenvalue weighted by Crippen LogP contribution is 2.35. The van der Waals surface area contributed by atoms with E-state index in [4.69, 9.17) is 15.8 Å². The Labute approximate surface area is 95.4 Å². The SMILES string of the molecule is C[C@@H]1C[C@H](C#N)N(N(C)C)C1=C(C#N)C#N. The summed E-state index contributed by atoms with van der Waals surface area (Å²) >= 11 is 0. The molecule has 5 nitrogen and oxygen atoms in total.